The second-order valence-electron chi connectivity index (χ2n) is 4.34. The Morgan fingerprint density at radius 2 is 1.42 bits per heavy atom. The molecule has 0 saturated heterocycles. The first-order valence-electron chi connectivity index (χ1n) is 6.25. The average Bonchev–Trinajstić information content (AvgIpc) is 2.46. The highest BCUT2D eigenvalue weighted by Gasteiger charge is 2.19. The van der Waals surface area contributed by atoms with Gasteiger partial charge in [0.2, 0.25) is 0 Å². The van der Waals surface area contributed by atoms with Crippen LogP contribution in [0.1, 0.15) is 18.6 Å². The third kappa shape index (κ3) is 4.27. The van der Waals surface area contributed by atoms with E-state index in [1.54, 1.807) is 0 Å². The molecule has 2 rings (SSSR count). The van der Waals surface area contributed by atoms with Crippen LogP contribution in [-0.2, 0) is 0 Å². The molecule has 0 saturated carbocycles. The van der Waals surface area contributed by atoms with E-state index in [2.05, 4.69) is 24.4 Å². The summed E-state index contributed by atoms with van der Waals surface area (Å²) < 4.78 is 6.09. The zero-order chi connectivity index (χ0) is 12.8. The Morgan fingerprint density at radius 1 is 0.895 bits per heavy atom. The van der Waals surface area contributed by atoms with E-state index in [-0.39, 0.29) is 24.6 Å². The molecule has 19 heavy (non-hydrogen) atoms. The van der Waals surface area contributed by atoms with E-state index in [9.17, 15) is 0 Å². The molecule has 0 fully saturated rings. The number of likely N-dealkylation sites (N-methyl/N-ethyl adjacent to an activating group) is 1. The molecule has 2 atom stereocenters. The van der Waals surface area contributed by atoms with Gasteiger partial charge >= 0.3 is 0 Å². The summed E-state index contributed by atoms with van der Waals surface area (Å²) in [5.41, 5.74) is 1.18. The Hall–Kier alpha value is -1.51. The van der Waals surface area contributed by atoms with E-state index < -0.39 is 0 Å². The second-order valence-corrected chi connectivity index (χ2v) is 4.34. The van der Waals surface area contributed by atoms with Crippen LogP contribution < -0.4 is 10.1 Å². The van der Waals surface area contributed by atoms with Gasteiger partial charge in [-0.1, -0.05) is 48.5 Å². The van der Waals surface area contributed by atoms with E-state index in [0.29, 0.717) is 0 Å². The predicted octanol–water partition coefficient (Wildman–Crippen LogP) is 3.84. The minimum atomic E-state index is 0. The van der Waals surface area contributed by atoms with Crippen LogP contribution in [0.2, 0.25) is 0 Å². The first kappa shape index (κ1) is 15.5. The van der Waals surface area contributed by atoms with E-state index in [0.717, 1.165) is 5.75 Å². The number of nitrogens with one attached hydrogen (secondary N) is 1. The summed E-state index contributed by atoms with van der Waals surface area (Å²) in [4.78, 5) is 0. The number of benzene rings is 2. The molecule has 0 radical (unpaired) electrons. The highest BCUT2D eigenvalue weighted by Crippen LogP contribution is 2.24. The van der Waals surface area contributed by atoms with Crippen LogP contribution in [0.15, 0.2) is 60.7 Å². The molecule has 0 aliphatic carbocycles. The van der Waals surface area contributed by atoms with Crippen LogP contribution in [0.4, 0.5) is 0 Å². The SMILES string of the molecule is CN[C@@H](C)[C@H](Oc1ccccc1)c1ccccc1.Cl. The normalized spacial score (nSPS) is 13.2. The Balaban J connectivity index is 0.00000180. The van der Waals surface area contributed by atoms with Crippen LogP contribution in [0.3, 0.4) is 0 Å². The maximum Gasteiger partial charge on any atom is 0.139 e. The molecule has 0 aliphatic rings. The molecular formula is C16H20ClNO. The van der Waals surface area contributed by atoms with Gasteiger partial charge in [-0.15, -0.1) is 12.4 Å². The van der Waals surface area contributed by atoms with Crippen LogP contribution in [0, 0.1) is 0 Å². The lowest BCUT2D eigenvalue weighted by atomic mass is 10.0. The lowest BCUT2D eigenvalue weighted by Gasteiger charge is -2.25. The Bertz CT molecular complexity index is 461. The molecule has 0 aliphatic heterocycles. The molecule has 3 heteroatoms. The van der Waals surface area contributed by atoms with Crippen LogP contribution in [0.25, 0.3) is 0 Å². The summed E-state index contributed by atoms with van der Waals surface area (Å²) >= 11 is 0. The summed E-state index contributed by atoms with van der Waals surface area (Å²) in [7, 11) is 1.95. The minimum absolute atomic E-state index is 0. The van der Waals surface area contributed by atoms with Crippen LogP contribution in [0.5, 0.6) is 5.75 Å². The predicted molar refractivity (Wildman–Crippen MR) is 82.0 cm³/mol. The van der Waals surface area contributed by atoms with Gasteiger partial charge in [-0.25, -0.2) is 0 Å². The van der Waals surface area contributed by atoms with E-state index in [4.69, 9.17) is 4.74 Å². The molecule has 2 nitrogen and oxygen atoms in total. The maximum absolute atomic E-state index is 6.09. The number of hydrogen-bond donors (Lipinski definition) is 1. The number of para-hydroxylation sites is 1. The number of rotatable bonds is 5. The first-order valence-corrected chi connectivity index (χ1v) is 6.25. The summed E-state index contributed by atoms with van der Waals surface area (Å²) in [5, 5.41) is 3.26. The van der Waals surface area contributed by atoms with Gasteiger partial charge in [0.1, 0.15) is 11.9 Å². The van der Waals surface area contributed by atoms with Crippen molar-refractivity contribution in [1.29, 1.82) is 0 Å². The number of halogens is 1. The van der Waals surface area contributed by atoms with Gasteiger partial charge in [-0.2, -0.15) is 0 Å². The lowest BCUT2D eigenvalue weighted by Crippen LogP contribution is -2.32. The van der Waals surface area contributed by atoms with E-state index in [1.807, 2.05) is 55.6 Å². The fourth-order valence-corrected chi connectivity index (χ4v) is 1.90. The van der Waals surface area contributed by atoms with Crippen molar-refractivity contribution in [1.82, 2.24) is 5.32 Å². The molecule has 0 bridgehead atoms. The quantitative estimate of drug-likeness (QED) is 0.897. The summed E-state index contributed by atoms with van der Waals surface area (Å²) in [6.45, 7) is 2.13. The fourth-order valence-electron chi connectivity index (χ4n) is 1.90. The van der Waals surface area contributed by atoms with Gasteiger partial charge in [-0.05, 0) is 31.7 Å². The van der Waals surface area contributed by atoms with Gasteiger partial charge < -0.3 is 10.1 Å². The van der Waals surface area contributed by atoms with Crippen molar-refractivity contribution in [3.05, 3.63) is 66.2 Å². The monoisotopic (exact) mass is 277 g/mol. The topological polar surface area (TPSA) is 21.3 Å². The molecule has 2 aromatic rings. The molecule has 102 valence electrons. The van der Waals surface area contributed by atoms with E-state index in [1.165, 1.54) is 5.56 Å². The molecule has 1 N–H and O–H groups in total. The molecule has 0 heterocycles. The minimum Gasteiger partial charge on any atom is -0.484 e. The van der Waals surface area contributed by atoms with Crippen LogP contribution in [-0.4, -0.2) is 13.1 Å². The summed E-state index contributed by atoms with van der Waals surface area (Å²) in [6.07, 6.45) is 0.0126. The molecule has 2 aromatic carbocycles. The first-order chi connectivity index (χ1) is 8.81. The molecule has 0 spiro atoms. The second kappa shape index (κ2) is 7.82. The number of hydrogen-bond acceptors (Lipinski definition) is 2. The summed E-state index contributed by atoms with van der Waals surface area (Å²) in [6, 6.07) is 20.5. The van der Waals surface area contributed by atoms with Gasteiger partial charge in [0, 0.05) is 6.04 Å². The van der Waals surface area contributed by atoms with Crippen molar-refractivity contribution in [3.63, 3.8) is 0 Å². The lowest BCUT2D eigenvalue weighted by molar-refractivity contribution is 0.166. The van der Waals surface area contributed by atoms with Crippen molar-refractivity contribution in [2.24, 2.45) is 0 Å². The van der Waals surface area contributed by atoms with Crippen molar-refractivity contribution in [2.75, 3.05) is 7.05 Å². The van der Waals surface area contributed by atoms with Gasteiger partial charge in [0.05, 0.1) is 0 Å². The van der Waals surface area contributed by atoms with Gasteiger partial charge in [0.25, 0.3) is 0 Å². The van der Waals surface area contributed by atoms with Crippen molar-refractivity contribution in [2.45, 2.75) is 19.1 Å². The van der Waals surface area contributed by atoms with Crippen molar-refractivity contribution >= 4 is 12.4 Å². The van der Waals surface area contributed by atoms with Gasteiger partial charge in [0.15, 0.2) is 0 Å². The largest absolute Gasteiger partial charge is 0.484 e. The zero-order valence-corrected chi connectivity index (χ0v) is 12.1. The van der Waals surface area contributed by atoms with Crippen molar-refractivity contribution < 1.29 is 4.74 Å². The van der Waals surface area contributed by atoms with Crippen molar-refractivity contribution in [3.8, 4) is 5.75 Å². The Morgan fingerprint density at radius 3 is 1.95 bits per heavy atom. The molecule has 0 aromatic heterocycles. The molecular weight excluding hydrogens is 258 g/mol. The highest BCUT2D eigenvalue weighted by molar-refractivity contribution is 5.85. The molecule has 0 amide bonds. The fraction of sp³-hybridized carbons (Fsp3) is 0.250. The standard InChI is InChI=1S/C16H19NO.ClH/c1-13(17-2)16(14-9-5-3-6-10-14)18-15-11-7-4-8-12-15;/h3-13,16-17H,1-2H3;1H/t13-,16-;/m0./s1. The smallest absolute Gasteiger partial charge is 0.139 e. The zero-order valence-electron chi connectivity index (χ0n) is 11.2. The third-order valence-corrected chi connectivity index (χ3v) is 3.04. The number of ether oxygens (including phenoxy) is 1. The highest BCUT2D eigenvalue weighted by atomic mass is 35.5. The average molecular weight is 278 g/mol. The third-order valence-electron chi connectivity index (χ3n) is 3.04. The van der Waals surface area contributed by atoms with E-state index >= 15 is 0 Å². The Labute approximate surface area is 121 Å². The molecule has 0 unspecified atom stereocenters. The van der Waals surface area contributed by atoms with Gasteiger partial charge in [-0.3, -0.25) is 0 Å². The van der Waals surface area contributed by atoms with Crippen LogP contribution >= 0.6 is 12.4 Å². The Kier molecular flexibility index (Phi) is 6.40. The summed E-state index contributed by atoms with van der Waals surface area (Å²) in [5.74, 6) is 0.897. The maximum atomic E-state index is 6.09.